The monoisotopic (exact) mass is 319 g/mol. The van der Waals surface area contributed by atoms with Crippen LogP contribution in [0.5, 0.6) is 0 Å². The first-order valence-electron chi connectivity index (χ1n) is 7.91. The Bertz CT molecular complexity index is 817. The van der Waals surface area contributed by atoms with E-state index in [0.717, 1.165) is 23.6 Å². The lowest BCUT2D eigenvalue weighted by Gasteiger charge is -2.18. The molecule has 0 fully saturated rings. The van der Waals surface area contributed by atoms with E-state index < -0.39 is 0 Å². The molecule has 1 aromatic heterocycles. The van der Waals surface area contributed by atoms with Crippen LogP contribution in [-0.2, 0) is 6.54 Å². The fourth-order valence-electron chi connectivity index (χ4n) is 2.46. The van der Waals surface area contributed by atoms with Crippen LogP contribution in [0.15, 0.2) is 54.7 Å². The quantitative estimate of drug-likeness (QED) is 0.773. The van der Waals surface area contributed by atoms with Crippen molar-refractivity contribution in [3.05, 3.63) is 71.4 Å². The molecule has 0 radical (unpaired) electrons. The molecule has 0 aliphatic carbocycles. The third-order valence-corrected chi connectivity index (χ3v) is 3.84. The predicted octanol–water partition coefficient (Wildman–Crippen LogP) is 3.87. The Morgan fingerprint density at radius 2 is 1.83 bits per heavy atom. The number of aromatic nitrogens is 3. The predicted molar refractivity (Wildman–Crippen MR) is 97.6 cm³/mol. The highest BCUT2D eigenvalue weighted by Gasteiger charge is 2.08. The lowest BCUT2D eigenvalue weighted by molar-refractivity contribution is 0.866. The molecule has 122 valence electrons. The minimum atomic E-state index is 0.501. The first-order valence-corrected chi connectivity index (χ1v) is 7.91. The molecule has 0 spiro atoms. The fraction of sp³-hybridized carbons (Fsp3) is 0.211. The molecule has 1 heterocycles. The molecule has 3 aromatic rings. The summed E-state index contributed by atoms with van der Waals surface area (Å²) < 4.78 is 0. The van der Waals surface area contributed by atoms with Gasteiger partial charge in [-0.15, -0.1) is 5.10 Å². The molecule has 3 rings (SSSR count). The van der Waals surface area contributed by atoms with Crippen LogP contribution in [0.25, 0.3) is 0 Å². The maximum Gasteiger partial charge on any atom is 0.249 e. The summed E-state index contributed by atoms with van der Waals surface area (Å²) in [5.74, 6) is 1.28. The Balaban J connectivity index is 1.77. The molecule has 0 bridgehead atoms. The first kappa shape index (κ1) is 15.9. The lowest BCUT2D eigenvalue weighted by atomic mass is 10.1. The maximum absolute atomic E-state index is 4.58. The van der Waals surface area contributed by atoms with E-state index in [1.165, 1.54) is 11.1 Å². The van der Waals surface area contributed by atoms with Crippen LogP contribution in [0, 0.1) is 13.8 Å². The molecule has 5 nitrogen and oxygen atoms in total. The zero-order valence-corrected chi connectivity index (χ0v) is 14.2. The minimum absolute atomic E-state index is 0.501. The van der Waals surface area contributed by atoms with Gasteiger partial charge in [-0.05, 0) is 36.6 Å². The molecule has 24 heavy (non-hydrogen) atoms. The van der Waals surface area contributed by atoms with Crippen LogP contribution in [0.1, 0.15) is 16.7 Å². The molecule has 0 unspecified atom stereocenters. The van der Waals surface area contributed by atoms with Crippen molar-refractivity contribution in [3.8, 4) is 0 Å². The van der Waals surface area contributed by atoms with Gasteiger partial charge >= 0.3 is 0 Å². The van der Waals surface area contributed by atoms with Crippen LogP contribution < -0.4 is 10.2 Å². The first-order chi connectivity index (χ1) is 11.6. The molecule has 2 aromatic carbocycles. The van der Waals surface area contributed by atoms with Crippen molar-refractivity contribution < 1.29 is 0 Å². The molecule has 0 aliphatic rings. The van der Waals surface area contributed by atoms with Crippen molar-refractivity contribution in [2.45, 2.75) is 20.4 Å². The van der Waals surface area contributed by atoms with Gasteiger partial charge in [-0.1, -0.05) is 42.5 Å². The summed E-state index contributed by atoms with van der Waals surface area (Å²) in [5.41, 5.74) is 4.56. The normalized spacial score (nSPS) is 10.5. The third-order valence-electron chi connectivity index (χ3n) is 3.84. The van der Waals surface area contributed by atoms with Gasteiger partial charge in [-0.25, -0.2) is 0 Å². The number of anilines is 3. The number of nitrogens with zero attached hydrogens (tertiary/aromatic N) is 4. The second kappa shape index (κ2) is 7.08. The van der Waals surface area contributed by atoms with Gasteiger partial charge < -0.3 is 10.2 Å². The highest BCUT2D eigenvalue weighted by molar-refractivity contribution is 5.59. The number of rotatable bonds is 5. The van der Waals surface area contributed by atoms with Crippen molar-refractivity contribution in [1.29, 1.82) is 0 Å². The van der Waals surface area contributed by atoms with E-state index in [1.54, 1.807) is 6.20 Å². The third kappa shape index (κ3) is 3.87. The highest BCUT2D eigenvalue weighted by Crippen LogP contribution is 2.20. The summed E-state index contributed by atoms with van der Waals surface area (Å²) in [4.78, 5) is 6.63. The summed E-state index contributed by atoms with van der Waals surface area (Å²) >= 11 is 0. The van der Waals surface area contributed by atoms with Crippen LogP contribution >= 0.6 is 0 Å². The molecule has 1 N–H and O–H groups in total. The topological polar surface area (TPSA) is 53.9 Å². The standard InChI is InChI=1S/C19H21N5/c1-14-9-10-15(2)17(11-14)21-19-22-18(12-20-23-19)24(3)13-16-7-5-4-6-8-16/h4-12H,13H2,1-3H3,(H,21,22,23). The number of hydrogen-bond donors (Lipinski definition) is 1. The summed E-state index contributed by atoms with van der Waals surface area (Å²) in [6.45, 7) is 4.89. The zero-order valence-electron chi connectivity index (χ0n) is 14.2. The molecule has 0 amide bonds. The van der Waals surface area contributed by atoms with Gasteiger partial charge in [0.25, 0.3) is 0 Å². The molecular formula is C19H21N5. The summed E-state index contributed by atoms with van der Waals surface area (Å²) in [5, 5.41) is 11.4. The van der Waals surface area contributed by atoms with Crippen LogP contribution in [0.3, 0.4) is 0 Å². The smallest absolute Gasteiger partial charge is 0.249 e. The average molecular weight is 319 g/mol. The SMILES string of the molecule is Cc1ccc(C)c(Nc2nncc(N(C)Cc3ccccc3)n2)c1. The van der Waals surface area contributed by atoms with Crippen molar-refractivity contribution in [2.75, 3.05) is 17.3 Å². The number of benzene rings is 2. The Hall–Kier alpha value is -2.95. The molecule has 5 heteroatoms. The van der Waals surface area contributed by atoms with Gasteiger partial charge in [-0.2, -0.15) is 10.1 Å². The average Bonchev–Trinajstić information content (AvgIpc) is 2.59. The molecule has 0 saturated carbocycles. The van der Waals surface area contributed by atoms with Gasteiger partial charge in [0.05, 0.1) is 6.20 Å². The fourth-order valence-corrected chi connectivity index (χ4v) is 2.46. The Labute approximate surface area is 142 Å². The number of nitrogens with one attached hydrogen (secondary N) is 1. The van der Waals surface area contributed by atoms with Crippen molar-refractivity contribution in [1.82, 2.24) is 15.2 Å². The second-order valence-electron chi connectivity index (χ2n) is 5.92. The van der Waals surface area contributed by atoms with Gasteiger partial charge in [0.15, 0.2) is 5.82 Å². The zero-order chi connectivity index (χ0) is 16.9. The Kier molecular flexibility index (Phi) is 4.70. The van der Waals surface area contributed by atoms with E-state index in [-0.39, 0.29) is 0 Å². The van der Waals surface area contributed by atoms with Gasteiger partial charge in [0, 0.05) is 19.3 Å². The number of aryl methyl sites for hydroxylation is 2. The van der Waals surface area contributed by atoms with E-state index >= 15 is 0 Å². The van der Waals surface area contributed by atoms with Crippen LogP contribution in [0.2, 0.25) is 0 Å². The van der Waals surface area contributed by atoms with Crippen LogP contribution in [0.4, 0.5) is 17.5 Å². The summed E-state index contributed by atoms with van der Waals surface area (Å²) in [7, 11) is 2.00. The largest absolute Gasteiger partial charge is 0.354 e. The minimum Gasteiger partial charge on any atom is -0.354 e. The van der Waals surface area contributed by atoms with Gasteiger partial charge in [-0.3, -0.25) is 0 Å². The van der Waals surface area contributed by atoms with Crippen molar-refractivity contribution in [2.24, 2.45) is 0 Å². The second-order valence-corrected chi connectivity index (χ2v) is 5.92. The molecule has 0 aliphatic heterocycles. The van der Waals surface area contributed by atoms with E-state index in [1.807, 2.05) is 25.2 Å². The van der Waals surface area contributed by atoms with E-state index in [2.05, 4.69) is 69.6 Å². The maximum atomic E-state index is 4.58. The Morgan fingerprint density at radius 3 is 2.62 bits per heavy atom. The van der Waals surface area contributed by atoms with E-state index in [0.29, 0.717) is 5.95 Å². The van der Waals surface area contributed by atoms with Crippen LogP contribution in [-0.4, -0.2) is 22.2 Å². The highest BCUT2D eigenvalue weighted by atomic mass is 15.3. The lowest BCUT2D eigenvalue weighted by Crippen LogP contribution is -2.18. The molecule has 0 atom stereocenters. The number of hydrogen-bond acceptors (Lipinski definition) is 5. The van der Waals surface area contributed by atoms with E-state index in [4.69, 9.17) is 0 Å². The summed E-state index contributed by atoms with van der Waals surface area (Å²) in [6, 6.07) is 16.5. The van der Waals surface area contributed by atoms with Crippen molar-refractivity contribution >= 4 is 17.5 Å². The molecule has 0 saturated heterocycles. The Morgan fingerprint density at radius 1 is 1.04 bits per heavy atom. The summed E-state index contributed by atoms with van der Waals surface area (Å²) in [6.07, 6.45) is 1.68. The van der Waals surface area contributed by atoms with Gasteiger partial charge in [0.2, 0.25) is 5.95 Å². The van der Waals surface area contributed by atoms with E-state index in [9.17, 15) is 0 Å². The van der Waals surface area contributed by atoms with Crippen molar-refractivity contribution in [3.63, 3.8) is 0 Å². The molecular weight excluding hydrogens is 298 g/mol. The van der Waals surface area contributed by atoms with Gasteiger partial charge in [0.1, 0.15) is 0 Å².